The van der Waals surface area contributed by atoms with Gasteiger partial charge in [0, 0.05) is 12.7 Å². The summed E-state index contributed by atoms with van der Waals surface area (Å²) in [5.74, 6) is 2.56. The number of nitrogens with two attached hydrogens (primary N) is 1. The van der Waals surface area contributed by atoms with Gasteiger partial charge in [-0.1, -0.05) is 5.92 Å². The molecule has 1 aromatic rings. The molecule has 1 rings (SSSR count). The van der Waals surface area contributed by atoms with Crippen molar-refractivity contribution in [1.82, 2.24) is 4.31 Å². The van der Waals surface area contributed by atoms with E-state index in [0.717, 1.165) is 4.31 Å². The van der Waals surface area contributed by atoms with Crippen LogP contribution in [0.2, 0.25) is 0 Å². The van der Waals surface area contributed by atoms with Crippen molar-refractivity contribution >= 4 is 15.7 Å². The van der Waals surface area contributed by atoms with E-state index in [1.54, 1.807) is 13.0 Å². The second-order valence-electron chi connectivity index (χ2n) is 3.60. The number of ether oxygens (including phenoxy) is 1. The molecule has 0 atom stereocenters. The van der Waals surface area contributed by atoms with Gasteiger partial charge in [0.05, 0.1) is 13.2 Å². The molecule has 0 unspecified atom stereocenters. The fraction of sp³-hybridized carbons (Fsp3) is 0.333. The Morgan fingerprint density at radius 1 is 1.50 bits per heavy atom. The second-order valence-corrected chi connectivity index (χ2v) is 5.62. The molecular formula is C12H16N2O3S. The van der Waals surface area contributed by atoms with Gasteiger partial charge < -0.3 is 10.5 Å². The van der Waals surface area contributed by atoms with E-state index < -0.39 is 10.0 Å². The first kappa shape index (κ1) is 14.4. The lowest BCUT2D eigenvalue weighted by molar-refractivity contribution is 0.330. The Kier molecular flexibility index (Phi) is 4.59. The molecule has 0 amide bonds. The molecule has 0 aromatic heterocycles. The van der Waals surface area contributed by atoms with E-state index in [1.807, 2.05) is 0 Å². The first-order valence-corrected chi connectivity index (χ1v) is 6.79. The van der Waals surface area contributed by atoms with Crippen molar-refractivity contribution in [3.8, 4) is 18.1 Å². The highest BCUT2D eigenvalue weighted by atomic mass is 32.2. The topological polar surface area (TPSA) is 72.6 Å². The molecule has 0 radical (unpaired) electrons. The Bertz CT molecular complexity index is 561. The molecule has 0 spiro atoms. The standard InChI is InChI=1S/C12H16N2O3S/c1-4-8-14(3)18(15,16)12-9-10(13)6-7-11(12)17-5-2/h1,6-7,9H,5,8,13H2,2-3H3. The smallest absolute Gasteiger partial charge is 0.247 e. The average Bonchev–Trinajstić information content (AvgIpc) is 2.32. The Balaban J connectivity index is 3.30. The molecule has 0 fully saturated rings. The summed E-state index contributed by atoms with van der Waals surface area (Å²) in [4.78, 5) is 0.0297. The molecule has 0 aliphatic carbocycles. The van der Waals surface area contributed by atoms with Gasteiger partial charge in [-0.25, -0.2) is 8.42 Å². The van der Waals surface area contributed by atoms with Crippen LogP contribution in [0.5, 0.6) is 5.75 Å². The SMILES string of the molecule is C#CCN(C)S(=O)(=O)c1cc(N)ccc1OCC. The Hall–Kier alpha value is -1.71. The van der Waals surface area contributed by atoms with E-state index in [-0.39, 0.29) is 17.2 Å². The first-order chi connectivity index (χ1) is 8.43. The summed E-state index contributed by atoms with van der Waals surface area (Å²) in [5.41, 5.74) is 5.97. The van der Waals surface area contributed by atoms with Crippen LogP contribution < -0.4 is 10.5 Å². The maximum Gasteiger partial charge on any atom is 0.247 e. The Morgan fingerprint density at radius 2 is 2.17 bits per heavy atom. The number of nitrogen functional groups attached to an aromatic ring is 1. The zero-order valence-electron chi connectivity index (χ0n) is 10.4. The van der Waals surface area contributed by atoms with Crippen molar-refractivity contribution in [1.29, 1.82) is 0 Å². The molecule has 2 N–H and O–H groups in total. The van der Waals surface area contributed by atoms with Gasteiger partial charge in [0.1, 0.15) is 10.6 Å². The average molecular weight is 268 g/mol. The highest BCUT2D eigenvalue weighted by Crippen LogP contribution is 2.28. The molecule has 0 aliphatic rings. The monoisotopic (exact) mass is 268 g/mol. The molecule has 0 bridgehead atoms. The van der Waals surface area contributed by atoms with Gasteiger partial charge in [-0.05, 0) is 25.1 Å². The maximum absolute atomic E-state index is 12.3. The predicted octanol–water partition coefficient (Wildman–Crippen LogP) is 0.921. The minimum absolute atomic E-state index is 0.0112. The van der Waals surface area contributed by atoms with Gasteiger partial charge in [-0.2, -0.15) is 4.31 Å². The minimum Gasteiger partial charge on any atom is -0.492 e. The Morgan fingerprint density at radius 3 is 2.72 bits per heavy atom. The summed E-state index contributed by atoms with van der Waals surface area (Å²) in [6.45, 7) is 2.13. The van der Waals surface area contributed by atoms with Crippen molar-refractivity contribution < 1.29 is 13.2 Å². The van der Waals surface area contributed by atoms with E-state index >= 15 is 0 Å². The number of terminal acetylenes is 1. The van der Waals surface area contributed by atoms with Crippen LogP contribution in [0.15, 0.2) is 23.1 Å². The fourth-order valence-corrected chi connectivity index (χ4v) is 2.63. The maximum atomic E-state index is 12.3. The molecule has 0 aliphatic heterocycles. The summed E-state index contributed by atoms with van der Waals surface area (Å²) in [7, 11) is -2.28. The highest BCUT2D eigenvalue weighted by molar-refractivity contribution is 7.89. The van der Waals surface area contributed by atoms with Crippen LogP contribution in [-0.2, 0) is 10.0 Å². The summed E-state index contributed by atoms with van der Waals surface area (Å²) in [6.07, 6.45) is 5.12. The van der Waals surface area contributed by atoms with Crippen molar-refractivity contribution in [2.45, 2.75) is 11.8 Å². The molecule has 0 saturated carbocycles. The quantitative estimate of drug-likeness (QED) is 0.636. The van der Waals surface area contributed by atoms with Crippen LogP contribution in [-0.4, -0.2) is 32.9 Å². The molecule has 98 valence electrons. The third kappa shape index (κ3) is 2.94. The molecular weight excluding hydrogens is 252 g/mol. The number of hydrogen-bond acceptors (Lipinski definition) is 4. The number of rotatable bonds is 5. The lowest BCUT2D eigenvalue weighted by Gasteiger charge is -2.17. The predicted molar refractivity (Wildman–Crippen MR) is 70.7 cm³/mol. The van der Waals surface area contributed by atoms with Crippen molar-refractivity contribution in [3.05, 3.63) is 18.2 Å². The van der Waals surface area contributed by atoms with Gasteiger partial charge in [-0.15, -0.1) is 6.42 Å². The highest BCUT2D eigenvalue weighted by Gasteiger charge is 2.24. The van der Waals surface area contributed by atoms with Gasteiger partial charge in [-0.3, -0.25) is 0 Å². The third-order valence-corrected chi connectivity index (χ3v) is 4.09. The first-order valence-electron chi connectivity index (χ1n) is 5.35. The number of hydrogen-bond donors (Lipinski definition) is 1. The lowest BCUT2D eigenvalue weighted by Crippen LogP contribution is -2.27. The van der Waals surface area contributed by atoms with E-state index in [4.69, 9.17) is 16.9 Å². The Labute approximate surface area is 108 Å². The van der Waals surface area contributed by atoms with Crippen LogP contribution in [0.1, 0.15) is 6.92 Å². The molecule has 0 saturated heterocycles. The zero-order chi connectivity index (χ0) is 13.8. The van der Waals surface area contributed by atoms with Crippen LogP contribution in [0.3, 0.4) is 0 Å². The van der Waals surface area contributed by atoms with Gasteiger partial charge in [0.15, 0.2) is 0 Å². The van der Waals surface area contributed by atoms with E-state index in [9.17, 15) is 8.42 Å². The van der Waals surface area contributed by atoms with E-state index in [1.165, 1.54) is 19.2 Å². The van der Waals surface area contributed by atoms with Crippen LogP contribution in [0.4, 0.5) is 5.69 Å². The largest absolute Gasteiger partial charge is 0.492 e. The molecule has 6 heteroatoms. The van der Waals surface area contributed by atoms with Crippen LogP contribution >= 0.6 is 0 Å². The molecule has 0 heterocycles. The number of anilines is 1. The number of sulfonamides is 1. The zero-order valence-corrected chi connectivity index (χ0v) is 11.2. The van der Waals surface area contributed by atoms with Crippen molar-refractivity contribution in [2.75, 3.05) is 25.9 Å². The second kappa shape index (κ2) is 5.76. The molecule has 5 nitrogen and oxygen atoms in total. The third-order valence-electron chi connectivity index (χ3n) is 2.27. The number of nitrogens with zero attached hydrogens (tertiary/aromatic N) is 1. The van der Waals surface area contributed by atoms with E-state index in [0.29, 0.717) is 12.3 Å². The molecule has 18 heavy (non-hydrogen) atoms. The number of benzene rings is 1. The summed E-state index contributed by atoms with van der Waals surface area (Å²) in [5, 5.41) is 0. The van der Waals surface area contributed by atoms with Crippen LogP contribution in [0, 0.1) is 12.3 Å². The van der Waals surface area contributed by atoms with Crippen molar-refractivity contribution in [2.24, 2.45) is 0 Å². The summed E-state index contributed by atoms with van der Waals surface area (Å²) < 4.78 is 30.9. The summed E-state index contributed by atoms with van der Waals surface area (Å²) >= 11 is 0. The van der Waals surface area contributed by atoms with Gasteiger partial charge in [0.25, 0.3) is 0 Å². The minimum atomic E-state index is -3.69. The van der Waals surface area contributed by atoms with E-state index in [2.05, 4.69) is 5.92 Å². The normalized spacial score (nSPS) is 11.2. The van der Waals surface area contributed by atoms with Crippen LogP contribution in [0.25, 0.3) is 0 Å². The van der Waals surface area contributed by atoms with Crippen molar-refractivity contribution in [3.63, 3.8) is 0 Å². The summed E-state index contributed by atoms with van der Waals surface area (Å²) in [6, 6.07) is 4.49. The molecule has 1 aromatic carbocycles. The van der Waals surface area contributed by atoms with Gasteiger partial charge in [0.2, 0.25) is 10.0 Å². The lowest BCUT2D eigenvalue weighted by atomic mass is 10.3. The fourth-order valence-electron chi connectivity index (χ4n) is 1.38. The van der Waals surface area contributed by atoms with Gasteiger partial charge >= 0.3 is 0 Å².